The molecule has 0 spiro atoms. The highest BCUT2D eigenvalue weighted by Gasteiger charge is 2.25. The number of fused-ring (bicyclic) bond motifs is 1. The number of nitrogens with one attached hydrogen (secondary N) is 2. The smallest absolute Gasteiger partial charge is 0.277 e. The van der Waals surface area contributed by atoms with Crippen LogP contribution in [0.25, 0.3) is 5.78 Å². The number of likely N-dealkylation sites (tertiary alicyclic amines) is 1. The summed E-state index contributed by atoms with van der Waals surface area (Å²) < 4.78 is 1.36. The summed E-state index contributed by atoms with van der Waals surface area (Å²) in [4.78, 5) is 36.8. The molecule has 1 fully saturated rings. The van der Waals surface area contributed by atoms with Crippen LogP contribution >= 0.6 is 0 Å². The molecule has 2 aromatic heterocycles. The first-order valence-corrected chi connectivity index (χ1v) is 11.5. The Bertz CT molecular complexity index is 1150. The second-order valence-electron chi connectivity index (χ2n) is 8.67. The molecule has 1 aliphatic rings. The van der Waals surface area contributed by atoms with Crippen molar-refractivity contribution in [3.8, 4) is 0 Å². The quantitative estimate of drug-likeness (QED) is 0.592. The van der Waals surface area contributed by atoms with E-state index in [1.807, 2.05) is 11.8 Å². The zero-order valence-corrected chi connectivity index (χ0v) is 19.1. The summed E-state index contributed by atoms with van der Waals surface area (Å²) in [5.74, 6) is 0.948. The van der Waals surface area contributed by atoms with E-state index in [1.54, 1.807) is 0 Å². The van der Waals surface area contributed by atoms with Crippen molar-refractivity contribution in [2.45, 2.75) is 71.9 Å². The van der Waals surface area contributed by atoms with Crippen LogP contribution in [0.5, 0.6) is 0 Å². The second kappa shape index (κ2) is 9.54. The molecule has 32 heavy (non-hydrogen) atoms. The molecule has 3 aromatic rings. The minimum Gasteiger partial charge on any atom is -0.351 e. The molecule has 1 aromatic carbocycles. The molecule has 2 N–H and O–H groups in total. The minimum atomic E-state index is -0.193. The number of aromatic nitrogens is 4. The molecule has 0 aliphatic carbocycles. The van der Waals surface area contributed by atoms with Gasteiger partial charge in [0, 0.05) is 31.1 Å². The van der Waals surface area contributed by atoms with E-state index >= 15 is 0 Å². The molecule has 8 heteroatoms. The lowest BCUT2D eigenvalue weighted by molar-refractivity contribution is -0.134. The molecule has 0 bridgehead atoms. The van der Waals surface area contributed by atoms with Crippen molar-refractivity contribution in [3.63, 3.8) is 0 Å². The second-order valence-corrected chi connectivity index (χ2v) is 8.67. The van der Waals surface area contributed by atoms with Gasteiger partial charge in [-0.1, -0.05) is 36.8 Å². The Morgan fingerprint density at radius 1 is 1.19 bits per heavy atom. The van der Waals surface area contributed by atoms with E-state index in [4.69, 9.17) is 0 Å². The Labute approximate surface area is 188 Å². The largest absolute Gasteiger partial charge is 0.351 e. The molecule has 1 saturated heterocycles. The lowest BCUT2D eigenvalue weighted by atomic mass is 9.99. The highest BCUT2D eigenvalue weighted by atomic mass is 16.2. The third kappa shape index (κ3) is 4.69. The minimum absolute atomic E-state index is 0.130. The van der Waals surface area contributed by atoms with Gasteiger partial charge in [-0.05, 0) is 51.5 Å². The van der Waals surface area contributed by atoms with Crippen LogP contribution in [0.4, 0.5) is 5.95 Å². The molecule has 3 heterocycles. The molecule has 8 nitrogen and oxygen atoms in total. The van der Waals surface area contributed by atoms with Crippen molar-refractivity contribution in [1.82, 2.24) is 24.5 Å². The maximum Gasteiger partial charge on any atom is 0.277 e. The number of aromatic amines is 1. The van der Waals surface area contributed by atoms with Gasteiger partial charge in [-0.25, -0.2) is 4.98 Å². The number of aryl methyl sites for hydroxylation is 2. The molecule has 1 aliphatic heterocycles. The van der Waals surface area contributed by atoms with E-state index < -0.39 is 0 Å². The maximum atomic E-state index is 13.1. The van der Waals surface area contributed by atoms with Crippen LogP contribution in [0.3, 0.4) is 0 Å². The van der Waals surface area contributed by atoms with Gasteiger partial charge in [0.05, 0.1) is 5.69 Å². The van der Waals surface area contributed by atoms with E-state index in [1.165, 1.54) is 16.5 Å². The number of carbonyl (C=O) groups is 1. The number of hydrogen-bond acceptors (Lipinski definition) is 5. The van der Waals surface area contributed by atoms with Gasteiger partial charge in [-0.3, -0.25) is 14.7 Å². The molecular weight excluding hydrogens is 404 g/mol. The standard InChI is InChI=1S/C24H32N6O2/c1-4-19-7-5-6-14-29(19)21(31)13-12-20-17(3)26-24-27-23(28-30(24)22(20)32)25-15-18-10-8-16(2)9-11-18/h8-11,19H,4-7,12-15H2,1-3H3,(H2,25,26,27,28). The fourth-order valence-corrected chi connectivity index (χ4v) is 4.44. The van der Waals surface area contributed by atoms with Gasteiger partial charge in [0.1, 0.15) is 0 Å². The number of benzene rings is 1. The zero-order valence-electron chi connectivity index (χ0n) is 19.1. The van der Waals surface area contributed by atoms with Crippen molar-refractivity contribution in [3.05, 3.63) is 57.0 Å². The summed E-state index contributed by atoms with van der Waals surface area (Å²) in [6.07, 6.45) is 5.01. The average Bonchev–Trinajstić information content (AvgIpc) is 3.21. The van der Waals surface area contributed by atoms with E-state index in [0.717, 1.165) is 31.4 Å². The third-order valence-corrected chi connectivity index (χ3v) is 6.38. The maximum absolute atomic E-state index is 13.1. The summed E-state index contributed by atoms with van der Waals surface area (Å²) in [5.41, 5.74) is 3.33. The van der Waals surface area contributed by atoms with Gasteiger partial charge in [0.15, 0.2) is 0 Å². The number of hydrogen-bond donors (Lipinski definition) is 2. The van der Waals surface area contributed by atoms with Crippen LogP contribution in [0.15, 0.2) is 29.1 Å². The first-order chi connectivity index (χ1) is 15.5. The van der Waals surface area contributed by atoms with Crippen molar-refractivity contribution >= 4 is 17.6 Å². The monoisotopic (exact) mass is 436 g/mol. The Morgan fingerprint density at radius 2 is 1.97 bits per heavy atom. The Kier molecular flexibility index (Phi) is 6.58. The van der Waals surface area contributed by atoms with Gasteiger partial charge in [0.25, 0.3) is 11.3 Å². The van der Waals surface area contributed by atoms with Crippen molar-refractivity contribution in [2.75, 3.05) is 11.9 Å². The van der Waals surface area contributed by atoms with E-state index in [9.17, 15) is 9.59 Å². The fraction of sp³-hybridized carbons (Fsp3) is 0.500. The number of amides is 1. The van der Waals surface area contributed by atoms with Crippen molar-refractivity contribution in [2.24, 2.45) is 0 Å². The topological polar surface area (TPSA) is 95.4 Å². The molecule has 0 saturated carbocycles. The number of anilines is 1. The van der Waals surface area contributed by atoms with Gasteiger partial charge < -0.3 is 10.2 Å². The number of nitrogens with zero attached hydrogens (tertiary/aromatic N) is 4. The summed E-state index contributed by atoms with van der Waals surface area (Å²) in [7, 11) is 0. The lowest BCUT2D eigenvalue weighted by Gasteiger charge is -2.35. The fourth-order valence-electron chi connectivity index (χ4n) is 4.44. The highest BCUT2D eigenvalue weighted by Crippen LogP contribution is 2.21. The van der Waals surface area contributed by atoms with Crippen LogP contribution in [-0.2, 0) is 17.8 Å². The van der Waals surface area contributed by atoms with Gasteiger partial charge in [-0.15, -0.1) is 0 Å². The first kappa shape index (κ1) is 22.0. The van der Waals surface area contributed by atoms with Crippen molar-refractivity contribution < 1.29 is 4.79 Å². The Hall–Kier alpha value is -3.16. The summed E-state index contributed by atoms with van der Waals surface area (Å²) >= 11 is 0. The normalized spacial score (nSPS) is 16.5. The summed E-state index contributed by atoms with van der Waals surface area (Å²) in [6, 6.07) is 8.56. The summed E-state index contributed by atoms with van der Waals surface area (Å²) in [5, 5.41) is 6.22. The van der Waals surface area contributed by atoms with Crippen molar-refractivity contribution in [1.29, 1.82) is 0 Å². The third-order valence-electron chi connectivity index (χ3n) is 6.38. The molecule has 4 rings (SSSR count). The Balaban J connectivity index is 1.47. The number of H-pyrrole nitrogens is 1. The number of carbonyl (C=O) groups excluding carboxylic acids is 1. The van der Waals surface area contributed by atoms with Crippen LogP contribution in [0.1, 0.15) is 61.4 Å². The molecule has 1 unspecified atom stereocenters. The molecular formula is C24H32N6O2. The molecule has 1 amide bonds. The lowest BCUT2D eigenvalue weighted by Crippen LogP contribution is -2.43. The van der Waals surface area contributed by atoms with Crippen LogP contribution in [-0.4, -0.2) is 43.0 Å². The Morgan fingerprint density at radius 3 is 2.72 bits per heavy atom. The predicted molar refractivity (Wildman–Crippen MR) is 125 cm³/mol. The first-order valence-electron chi connectivity index (χ1n) is 11.5. The highest BCUT2D eigenvalue weighted by molar-refractivity contribution is 5.77. The summed E-state index contributed by atoms with van der Waals surface area (Å²) in [6.45, 7) is 7.40. The van der Waals surface area contributed by atoms with Crippen LogP contribution in [0.2, 0.25) is 0 Å². The molecule has 1 atom stereocenters. The van der Waals surface area contributed by atoms with Gasteiger partial charge in [0.2, 0.25) is 11.9 Å². The average molecular weight is 437 g/mol. The SMILES string of the molecule is CCC1CCCCN1C(=O)CCc1c(C)nc2nc(NCc3ccc(C)cc3)[nH]n2c1=O. The number of rotatable bonds is 7. The molecule has 0 radical (unpaired) electrons. The van der Waals surface area contributed by atoms with Crippen LogP contribution in [0, 0.1) is 13.8 Å². The zero-order chi connectivity index (χ0) is 22.7. The predicted octanol–water partition coefficient (Wildman–Crippen LogP) is 3.37. The molecule has 170 valence electrons. The number of piperidine rings is 1. The van der Waals surface area contributed by atoms with Gasteiger partial charge in [-0.2, -0.15) is 9.50 Å². The van der Waals surface area contributed by atoms with Crippen LogP contribution < -0.4 is 10.9 Å². The van der Waals surface area contributed by atoms with E-state index in [2.05, 4.69) is 58.5 Å². The van der Waals surface area contributed by atoms with Gasteiger partial charge >= 0.3 is 0 Å². The van der Waals surface area contributed by atoms with E-state index in [-0.39, 0.29) is 11.5 Å². The van der Waals surface area contributed by atoms with E-state index in [0.29, 0.717) is 48.4 Å².